The molecule has 0 radical (unpaired) electrons. The van der Waals surface area contributed by atoms with E-state index in [-0.39, 0.29) is 5.92 Å². The van der Waals surface area contributed by atoms with Crippen molar-refractivity contribution >= 4 is 5.97 Å². The van der Waals surface area contributed by atoms with Crippen molar-refractivity contribution in [3.05, 3.63) is 0 Å². The minimum atomic E-state index is -0.571. The average Bonchev–Trinajstić information content (AvgIpc) is 2.19. The zero-order valence-corrected chi connectivity index (χ0v) is 10.2. The average molecular weight is 212 g/mol. The Morgan fingerprint density at radius 2 is 1.93 bits per heavy atom. The second-order valence-electron chi connectivity index (χ2n) is 5.10. The Labute approximate surface area is 93.1 Å². The van der Waals surface area contributed by atoms with E-state index in [1.54, 1.807) is 0 Å². The minimum absolute atomic E-state index is 0.0777. The lowest BCUT2D eigenvalue weighted by Gasteiger charge is -2.37. The summed E-state index contributed by atoms with van der Waals surface area (Å²) in [4.78, 5) is 11.2. The van der Waals surface area contributed by atoms with E-state index < -0.39 is 5.97 Å². The highest BCUT2D eigenvalue weighted by atomic mass is 16.4. The van der Waals surface area contributed by atoms with Crippen LogP contribution < -0.4 is 0 Å². The minimum Gasteiger partial charge on any atom is -0.481 e. The number of rotatable bonds is 4. The van der Waals surface area contributed by atoms with Crippen molar-refractivity contribution in [1.29, 1.82) is 0 Å². The zero-order valence-electron chi connectivity index (χ0n) is 10.2. The molecule has 0 amide bonds. The fourth-order valence-electron chi connectivity index (χ4n) is 3.15. The molecule has 2 nitrogen and oxygen atoms in total. The van der Waals surface area contributed by atoms with Crippen LogP contribution in [-0.4, -0.2) is 11.1 Å². The lowest BCUT2D eigenvalue weighted by molar-refractivity contribution is -0.146. The molecule has 0 spiro atoms. The largest absolute Gasteiger partial charge is 0.481 e. The van der Waals surface area contributed by atoms with Gasteiger partial charge in [-0.15, -0.1) is 0 Å². The van der Waals surface area contributed by atoms with Gasteiger partial charge in [0.1, 0.15) is 0 Å². The van der Waals surface area contributed by atoms with Crippen LogP contribution in [0.3, 0.4) is 0 Å². The summed E-state index contributed by atoms with van der Waals surface area (Å²) < 4.78 is 0. The third-order valence-corrected chi connectivity index (χ3v) is 4.13. The van der Waals surface area contributed by atoms with Crippen LogP contribution in [0.5, 0.6) is 0 Å². The van der Waals surface area contributed by atoms with Gasteiger partial charge in [0.15, 0.2) is 0 Å². The lowest BCUT2D eigenvalue weighted by Crippen LogP contribution is -2.34. The standard InChI is InChI=1S/C13H24O2/c1-4-10(5-2)12-8-9(3)6-7-11(12)13(14)15/h9-12H,4-8H2,1-3H3,(H,14,15). The number of carboxylic acids is 1. The van der Waals surface area contributed by atoms with E-state index >= 15 is 0 Å². The van der Waals surface area contributed by atoms with Crippen molar-refractivity contribution < 1.29 is 9.90 Å². The van der Waals surface area contributed by atoms with Crippen LogP contribution in [0.2, 0.25) is 0 Å². The highest BCUT2D eigenvalue weighted by Crippen LogP contribution is 2.40. The van der Waals surface area contributed by atoms with Crippen molar-refractivity contribution in [2.24, 2.45) is 23.7 Å². The predicted octanol–water partition coefficient (Wildman–Crippen LogP) is 3.56. The Balaban J connectivity index is 2.73. The second kappa shape index (κ2) is 5.53. The number of carbonyl (C=O) groups is 1. The molecule has 0 heterocycles. The normalized spacial score (nSPS) is 31.9. The lowest BCUT2D eigenvalue weighted by atomic mass is 9.68. The summed E-state index contributed by atoms with van der Waals surface area (Å²) in [5.74, 6) is 1.09. The van der Waals surface area contributed by atoms with Crippen molar-refractivity contribution in [3.63, 3.8) is 0 Å². The van der Waals surface area contributed by atoms with E-state index in [1.165, 1.54) is 0 Å². The van der Waals surface area contributed by atoms with Gasteiger partial charge >= 0.3 is 5.97 Å². The quantitative estimate of drug-likeness (QED) is 0.773. The number of hydrogen-bond acceptors (Lipinski definition) is 1. The van der Waals surface area contributed by atoms with Gasteiger partial charge in [0.2, 0.25) is 0 Å². The Kier molecular flexibility index (Phi) is 4.62. The van der Waals surface area contributed by atoms with E-state index in [4.69, 9.17) is 0 Å². The van der Waals surface area contributed by atoms with Crippen molar-refractivity contribution in [3.8, 4) is 0 Å². The van der Waals surface area contributed by atoms with E-state index in [0.29, 0.717) is 17.8 Å². The van der Waals surface area contributed by atoms with Crippen molar-refractivity contribution in [2.45, 2.75) is 52.9 Å². The van der Waals surface area contributed by atoms with Crippen molar-refractivity contribution in [1.82, 2.24) is 0 Å². The first kappa shape index (κ1) is 12.5. The van der Waals surface area contributed by atoms with E-state index in [2.05, 4.69) is 20.8 Å². The topological polar surface area (TPSA) is 37.3 Å². The SMILES string of the molecule is CCC(CC)C1CC(C)CCC1C(=O)O. The number of hydrogen-bond donors (Lipinski definition) is 1. The summed E-state index contributed by atoms with van der Waals surface area (Å²) in [5, 5.41) is 9.23. The molecule has 2 heteroatoms. The summed E-state index contributed by atoms with van der Waals surface area (Å²) in [6.07, 6.45) is 5.34. The summed E-state index contributed by atoms with van der Waals surface area (Å²) >= 11 is 0. The fourth-order valence-corrected chi connectivity index (χ4v) is 3.15. The smallest absolute Gasteiger partial charge is 0.306 e. The molecular formula is C13H24O2. The molecule has 1 aliphatic carbocycles. The molecule has 1 fully saturated rings. The van der Waals surface area contributed by atoms with Crippen LogP contribution in [0.15, 0.2) is 0 Å². The summed E-state index contributed by atoms with van der Waals surface area (Å²) in [5.41, 5.74) is 0. The molecule has 3 atom stereocenters. The molecule has 0 saturated heterocycles. The first-order valence-corrected chi connectivity index (χ1v) is 6.32. The molecule has 1 N–H and O–H groups in total. The fraction of sp³-hybridized carbons (Fsp3) is 0.923. The van der Waals surface area contributed by atoms with Crippen LogP contribution in [0.25, 0.3) is 0 Å². The van der Waals surface area contributed by atoms with Gasteiger partial charge in [-0.3, -0.25) is 4.79 Å². The maximum atomic E-state index is 11.2. The highest BCUT2D eigenvalue weighted by molar-refractivity contribution is 5.70. The molecule has 0 bridgehead atoms. The molecule has 15 heavy (non-hydrogen) atoms. The summed E-state index contributed by atoms with van der Waals surface area (Å²) in [6.45, 7) is 6.63. The van der Waals surface area contributed by atoms with Crippen LogP contribution >= 0.6 is 0 Å². The molecular weight excluding hydrogens is 188 g/mol. The first-order chi connectivity index (χ1) is 7.10. The van der Waals surface area contributed by atoms with E-state index in [0.717, 1.165) is 32.1 Å². The molecule has 88 valence electrons. The van der Waals surface area contributed by atoms with Crippen LogP contribution in [-0.2, 0) is 4.79 Å². The molecule has 0 aliphatic heterocycles. The predicted molar refractivity (Wildman–Crippen MR) is 61.7 cm³/mol. The van der Waals surface area contributed by atoms with Crippen LogP contribution in [0, 0.1) is 23.7 Å². The third kappa shape index (κ3) is 2.96. The van der Waals surface area contributed by atoms with Gasteiger partial charge in [-0.05, 0) is 37.0 Å². The Hall–Kier alpha value is -0.530. The Morgan fingerprint density at radius 1 is 1.33 bits per heavy atom. The highest BCUT2D eigenvalue weighted by Gasteiger charge is 2.36. The number of aliphatic carboxylic acids is 1. The molecule has 1 aliphatic rings. The molecule has 3 unspecified atom stereocenters. The zero-order chi connectivity index (χ0) is 11.4. The van der Waals surface area contributed by atoms with Gasteiger partial charge < -0.3 is 5.11 Å². The molecule has 0 aromatic carbocycles. The molecule has 0 aromatic heterocycles. The van der Waals surface area contributed by atoms with E-state index in [1.807, 2.05) is 0 Å². The van der Waals surface area contributed by atoms with Gasteiger partial charge in [0, 0.05) is 0 Å². The number of carboxylic acid groups (broad SMARTS) is 1. The Morgan fingerprint density at radius 3 is 2.40 bits per heavy atom. The van der Waals surface area contributed by atoms with Crippen molar-refractivity contribution in [2.75, 3.05) is 0 Å². The first-order valence-electron chi connectivity index (χ1n) is 6.32. The van der Waals surface area contributed by atoms with Gasteiger partial charge in [-0.1, -0.05) is 33.6 Å². The monoisotopic (exact) mass is 212 g/mol. The van der Waals surface area contributed by atoms with Gasteiger partial charge in [0.25, 0.3) is 0 Å². The van der Waals surface area contributed by atoms with Gasteiger partial charge in [0.05, 0.1) is 5.92 Å². The Bertz CT molecular complexity index is 209. The van der Waals surface area contributed by atoms with Crippen LogP contribution in [0.1, 0.15) is 52.9 Å². The third-order valence-electron chi connectivity index (χ3n) is 4.13. The van der Waals surface area contributed by atoms with Gasteiger partial charge in [-0.2, -0.15) is 0 Å². The molecule has 1 saturated carbocycles. The molecule has 1 rings (SSSR count). The maximum Gasteiger partial charge on any atom is 0.306 e. The molecule has 0 aromatic rings. The second-order valence-corrected chi connectivity index (χ2v) is 5.10. The van der Waals surface area contributed by atoms with Gasteiger partial charge in [-0.25, -0.2) is 0 Å². The maximum absolute atomic E-state index is 11.2. The summed E-state index contributed by atoms with van der Waals surface area (Å²) in [6, 6.07) is 0. The summed E-state index contributed by atoms with van der Waals surface area (Å²) in [7, 11) is 0. The van der Waals surface area contributed by atoms with Crippen LogP contribution in [0.4, 0.5) is 0 Å². The van der Waals surface area contributed by atoms with E-state index in [9.17, 15) is 9.90 Å².